The van der Waals surface area contributed by atoms with Crippen molar-refractivity contribution < 1.29 is 28.6 Å². The van der Waals surface area contributed by atoms with Crippen LogP contribution in [0.15, 0.2) is 30.3 Å². The Kier molecular flexibility index (Phi) is 5.66. The molecule has 1 aliphatic rings. The molecule has 1 saturated carbocycles. The van der Waals surface area contributed by atoms with Gasteiger partial charge in [0.15, 0.2) is 5.41 Å². The number of nitriles is 1. The highest BCUT2D eigenvalue weighted by atomic mass is 16.6. The van der Waals surface area contributed by atoms with Crippen LogP contribution < -0.4 is 0 Å². The number of carbonyl (C=O) groups excluding carboxylic acids is 3. The summed E-state index contributed by atoms with van der Waals surface area (Å²) in [6, 6.07) is 10.3. The number of esters is 3. The molecule has 7 nitrogen and oxygen atoms in total. The van der Waals surface area contributed by atoms with E-state index in [-0.39, 0.29) is 19.8 Å². The van der Waals surface area contributed by atoms with E-state index < -0.39 is 34.7 Å². The van der Waals surface area contributed by atoms with Gasteiger partial charge in [0.05, 0.1) is 25.9 Å². The van der Waals surface area contributed by atoms with Gasteiger partial charge in [-0.1, -0.05) is 30.3 Å². The first-order chi connectivity index (χ1) is 12.5. The molecule has 0 spiro atoms. The van der Waals surface area contributed by atoms with E-state index in [0.29, 0.717) is 5.56 Å². The minimum absolute atomic E-state index is 0.00546. The monoisotopic (exact) mass is 359 g/mol. The summed E-state index contributed by atoms with van der Waals surface area (Å²) in [5.41, 5.74) is -3.62. The topological polar surface area (TPSA) is 103 Å². The molecule has 1 aromatic carbocycles. The van der Waals surface area contributed by atoms with Gasteiger partial charge in [0.2, 0.25) is 5.41 Å². The minimum atomic E-state index is -2.08. The number of carbonyl (C=O) groups is 3. The van der Waals surface area contributed by atoms with Crippen LogP contribution in [0.4, 0.5) is 0 Å². The van der Waals surface area contributed by atoms with Gasteiger partial charge in [0, 0.05) is 5.92 Å². The predicted octanol–water partition coefficient (Wildman–Crippen LogP) is 1.97. The van der Waals surface area contributed by atoms with Crippen LogP contribution in [0.25, 0.3) is 0 Å². The first-order valence-electron chi connectivity index (χ1n) is 8.46. The Labute approximate surface area is 151 Å². The summed E-state index contributed by atoms with van der Waals surface area (Å²) in [5.74, 6) is -3.89. The molecule has 26 heavy (non-hydrogen) atoms. The molecule has 0 bridgehead atoms. The molecule has 1 fully saturated rings. The average molecular weight is 359 g/mol. The van der Waals surface area contributed by atoms with E-state index in [1.807, 2.05) is 6.07 Å². The quantitative estimate of drug-likeness (QED) is 0.416. The summed E-state index contributed by atoms with van der Waals surface area (Å²) in [6.45, 7) is 4.73. The Hall–Kier alpha value is -2.88. The molecule has 0 heterocycles. The van der Waals surface area contributed by atoms with Gasteiger partial charge in [-0.05, 0) is 26.3 Å². The van der Waals surface area contributed by atoms with E-state index in [1.54, 1.807) is 51.1 Å². The van der Waals surface area contributed by atoms with Gasteiger partial charge in [-0.3, -0.25) is 14.4 Å². The first kappa shape index (κ1) is 19.4. The molecule has 0 amide bonds. The van der Waals surface area contributed by atoms with Crippen LogP contribution in [0.5, 0.6) is 0 Å². The van der Waals surface area contributed by atoms with E-state index in [4.69, 9.17) is 14.2 Å². The van der Waals surface area contributed by atoms with Crippen molar-refractivity contribution in [2.24, 2.45) is 10.8 Å². The summed E-state index contributed by atoms with van der Waals surface area (Å²) in [5, 5.41) is 9.89. The molecule has 0 N–H and O–H groups in total. The smallest absolute Gasteiger partial charge is 0.329 e. The molecule has 1 aliphatic carbocycles. The highest BCUT2D eigenvalue weighted by Gasteiger charge is 2.92. The Bertz CT molecular complexity index is 720. The molecular weight excluding hydrogens is 338 g/mol. The number of benzene rings is 1. The fraction of sp³-hybridized carbons (Fsp3) is 0.474. The molecule has 2 atom stereocenters. The zero-order valence-electron chi connectivity index (χ0n) is 15.0. The molecule has 0 radical (unpaired) electrons. The fourth-order valence-electron chi connectivity index (χ4n) is 3.47. The van der Waals surface area contributed by atoms with Crippen molar-refractivity contribution in [2.45, 2.75) is 26.7 Å². The van der Waals surface area contributed by atoms with Gasteiger partial charge < -0.3 is 14.2 Å². The van der Waals surface area contributed by atoms with E-state index >= 15 is 0 Å². The Morgan fingerprint density at radius 1 is 0.923 bits per heavy atom. The highest BCUT2D eigenvalue weighted by molar-refractivity contribution is 6.15. The van der Waals surface area contributed by atoms with Crippen molar-refractivity contribution in [2.75, 3.05) is 19.8 Å². The maximum absolute atomic E-state index is 12.8. The molecule has 7 heteroatoms. The number of hydrogen-bond donors (Lipinski definition) is 0. The first-order valence-corrected chi connectivity index (χ1v) is 8.46. The second-order valence-corrected chi connectivity index (χ2v) is 5.73. The van der Waals surface area contributed by atoms with Crippen molar-refractivity contribution in [3.63, 3.8) is 0 Å². The van der Waals surface area contributed by atoms with Crippen molar-refractivity contribution in [1.82, 2.24) is 0 Å². The second-order valence-electron chi connectivity index (χ2n) is 5.73. The number of nitrogens with zero attached hydrogens (tertiary/aromatic N) is 1. The molecule has 2 rings (SSSR count). The van der Waals surface area contributed by atoms with Crippen LogP contribution in [0.1, 0.15) is 32.3 Å². The third kappa shape index (κ3) is 2.53. The van der Waals surface area contributed by atoms with Gasteiger partial charge in [-0.25, -0.2) is 0 Å². The average Bonchev–Trinajstić information content (AvgIpc) is 3.29. The minimum Gasteiger partial charge on any atom is -0.465 e. The fourth-order valence-corrected chi connectivity index (χ4v) is 3.47. The van der Waals surface area contributed by atoms with E-state index in [0.717, 1.165) is 0 Å². The van der Waals surface area contributed by atoms with Crippen LogP contribution in [-0.2, 0) is 28.6 Å². The van der Waals surface area contributed by atoms with Gasteiger partial charge in [-0.15, -0.1) is 0 Å². The summed E-state index contributed by atoms with van der Waals surface area (Å²) in [4.78, 5) is 38.4. The maximum Gasteiger partial charge on any atom is 0.329 e. The molecule has 0 saturated heterocycles. The molecule has 0 aromatic heterocycles. The van der Waals surface area contributed by atoms with Crippen molar-refractivity contribution >= 4 is 17.9 Å². The highest BCUT2D eigenvalue weighted by Crippen LogP contribution is 2.75. The lowest BCUT2D eigenvalue weighted by molar-refractivity contribution is -0.170. The molecule has 138 valence electrons. The summed E-state index contributed by atoms with van der Waals surface area (Å²) < 4.78 is 15.2. The summed E-state index contributed by atoms with van der Waals surface area (Å²) >= 11 is 0. The Balaban J connectivity index is 2.71. The normalized spacial score (nSPS) is 22.6. The third-order valence-corrected chi connectivity index (χ3v) is 4.51. The van der Waals surface area contributed by atoms with Crippen LogP contribution >= 0.6 is 0 Å². The molecule has 0 unspecified atom stereocenters. The Morgan fingerprint density at radius 2 is 1.38 bits per heavy atom. The molecule has 1 aromatic rings. The summed E-state index contributed by atoms with van der Waals surface area (Å²) in [6.07, 6.45) is 0. The van der Waals surface area contributed by atoms with Crippen LogP contribution in [0.2, 0.25) is 0 Å². The van der Waals surface area contributed by atoms with Crippen LogP contribution in [0, 0.1) is 22.2 Å². The maximum atomic E-state index is 12.8. The lowest BCUT2D eigenvalue weighted by Gasteiger charge is -2.17. The zero-order chi connectivity index (χ0) is 19.4. The van der Waals surface area contributed by atoms with Gasteiger partial charge in [-0.2, -0.15) is 5.26 Å². The predicted molar refractivity (Wildman–Crippen MR) is 89.6 cm³/mol. The molecular formula is C19H21NO6. The van der Waals surface area contributed by atoms with Crippen molar-refractivity contribution in [1.29, 1.82) is 5.26 Å². The zero-order valence-corrected chi connectivity index (χ0v) is 15.0. The lowest BCUT2D eigenvalue weighted by Crippen LogP contribution is -2.39. The van der Waals surface area contributed by atoms with E-state index in [2.05, 4.69) is 0 Å². The third-order valence-electron chi connectivity index (χ3n) is 4.51. The standard InChI is InChI=1S/C19H21NO6/c1-4-24-15(21)18(12-20)14(13-10-8-7-9-11-13)19(18,16(22)25-5-2)17(23)26-6-3/h7-11,14H,4-6H2,1-3H3/t14-,18+/m0/s1. The Morgan fingerprint density at radius 3 is 1.81 bits per heavy atom. The summed E-state index contributed by atoms with van der Waals surface area (Å²) in [7, 11) is 0. The van der Waals surface area contributed by atoms with Crippen molar-refractivity contribution in [3.8, 4) is 6.07 Å². The number of ether oxygens (including phenoxy) is 3. The number of hydrogen-bond acceptors (Lipinski definition) is 7. The van der Waals surface area contributed by atoms with Gasteiger partial charge >= 0.3 is 17.9 Å². The van der Waals surface area contributed by atoms with Crippen LogP contribution in [-0.4, -0.2) is 37.7 Å². The number of rotatable bonds is 7. The van der Waals surface area contributed by atoms with Gasteiger partial charge in [0.1, 0.15) is 0 Å². The van der Waals surface area contributed by atoms with Gasteiger partial charge in [0.25, 0.3) is 0 Å². The van der Waals surface area contributed by atoms with E-state index in [1.165, 1.54) is 0 Å². The largest absolute Gasteiger partial charge is 0.465 e. The lowest BCUT2D eigenvalue weighted by atomic mass is 9.93. The second kappa shape index (κ2) is 7.56. The van der Waals surface area contributed by atoms with Crippen LogP contribution in [0.3, 0.4) is 0 Å². The van der Waals surface area contributed by atoms with Crippen molar-refractivity contribution in [3.05, 3.63) is 35.9 Å². The van der Waals surface area contributed by atoms with E-state index in [9.17, 15) is 19.6 Å². The SMILES string of the molecule is CCOC(=O)C1(C(=O)OCC)[C@@H](c2ccccc2)[C@]1(C#N)C(=O)OCC. The molecule has 0 aliphatic heterocycles.